The molecule has 0 aliphatic carbocycles. The summed E-state index contributed by atoms with van der Waals surface area (Å²) in [5.74, 6) is 0.946. The average molecular weight is 358 g/mol. The Morgan fingerprint density at radius 3 is 2.67 bits per heavy atom. The molecule has 0 aliphatic heterocycles. The molecule has 0 spiro atoms. The smallest absolute Gasteiger partial charge is 0.124 e. The zero-order valence-corrected chi connectivity index (χ0v) is 15.4. The summed E-state index contributed by atoms with van der Waals surface area (Å²) in [6.07, 6.45) is 1.98. The first-order chi connectivity index (χ1) is 9.89. The predicted octanol–water partition coefficient (Wildman–Crippen LogP) is 4.70. The van der Waals surface area contributed by atoms with Gasteiger partial charge in [-0.05, 0) is 51.9 Å². The van der Waals surface area contributed by atoms with Gasteiger partial charge in [-0.1, -0.05) is 22.9 Å². The largest absolute Gasteiger partial charge is 0.493 e. The second-order valence-corrected chi connectivity index (χ2v) is 6.84. The summed E-state index contributed by atoms with van der Waals surface area (Å²) < 4.78 is 12.5. The maximum Gasteiger partial charge on any atom is 0.124 e. The summed E-state index contributed by atoms with van der Waals surface area (Å²) in [7, 11) is 1.74. The summed E-state index contributed by atoms with van der Waals surface area (Å²) in [6, 6.07) is 6.45. The van der Waals surface area contributed by atoms with Gasteiger partial charge in [-0.15, -0.1) is 0 Å². The van der Waals surface area contributed by atoms with Crippen molar-refractivity contribution >= 4 is 15.9 Å². The van der Waals surface area contributed by atoms with Crippen molar-refractivity contribution < 1.29 is 9.47 Å². The molecule has 1 unspecified atom stereocenters. The van der Waals surface area contributed by atoms with E-state index in [1.807, 2.05) is 12.1 Å². The van der Waals surface area contributed by atoms with Gasteiger partial charge in [-0.3, -0.25) is 0 Å². The molecule has 0 fully saturated rings. The lowest BCUT2D eigenvalue weighted by Crippen LogP contribution is -2.25. The Morgan fingerprint density at radius 1 is 1.33 bits per heavy atom. The van der Waals surface area contributed by atoms with Gasteiger partial charge in [-0.2, -0.15) is 0 Å². The van der Waals surface area contributed by atoms with Gasteiger partial charge in [-0.25, -0.2) is 0 Å². The molecule has 0 bridgehead atoms. The Kier molecular flexibility index (Phi) is 7.71. The van der Waals surface area contributed by atoms with E-state index in [9.17, 15) is 0 Å². The second-order valence-electron chi connectivity index (χ2n) is 5.92. The molecule has 4 heteroatoms. The fraction of sp³-hybridized carbons (Fsp3) is 0.647. The van der Waals surface area contributed by atoms with Crippen molar-refractivity contribution in [3.63, 3.8) is 0 Å². The van der Waals surface area contributed by atoms with Crippen molar-refractivity contribution in [2.75, 3.05) is 20.3 Å². The number of methoxy groups -OCH3 is 1. The van der Waals surface area contributed by atoms with Crippen LogP contribution in [0, 0.1) is 0 Å². The van der Waals surface area contributed by atoms with Gasteiger partial charge in [0, 0.05) is 29.6 Å². The lowest BCUT2D eigenvalue weighted by atomic mass is 10.1. The minimum atomic E-state index is -0.151. The highest BCUT2D eigenvalue weighted by molar-refractivity contribution is 9.10. The summed E-state index contributed by atoms with van der Waals surface area (Å²) in [5, 5.41) is 3.51. The SMILES string of the molecule is CCCNC(C)c1cc(Br)ccc1OCCC(C)(C)OC. The van der Waals surface area contributed by atoms with Crippen molar-refractivity contribution in [3.05, 3.63) is 28.2 Å². The number of hydrogen-bond donors (Lipinski definition) is 1. The van der Waals surface area contributed by atoms with Gasteiger partial charge in [0.25, 0.3) is 0 Å². The number of benzene rings is 1. The van der Waals surface area contributed by atoms with Crippen LogP contribution in [0.15, 0.2) is 22.7 Å². The third-order valence-electron chi connectivity index (χ3n) is 3.65. The first kappa shape index (κ1) is 18.5. The van der Waals surface area contributed by atoms with Gasteiger partial charge in [0.2, 0.25) is 0 Å². The fourth-order valence-corrected chi connectivity index (χ4v) is 2.35. The highest BCUT2D eigenvalue weighted by atomic mass is 79.9. The number of rotatable bonds is 9. The van der Waals surface area contributed by atoms with Crippen LogP contribution in [-0.4, -0.2) is 25.9 Å². The third kappa shape index (κ3) is 6.37. The van der Waals surface area contributed by atoms with Crippen molar-refractivity contribution in [1.29, 1.82) is 0 Å². The monoisotopic (exact) mass is 357 g/mol. The molecule has 1 rings (SSSR count). The molecule has 21 heavy (non-hydrogen) atoms. The zero-order chi connectivity index (χ0) is 15.9. The first-order valence-electron chi connectivity index (χ1n) is 7.60. The summed E-state index contributed by atoms with van der Waals surface area (Å²) in [5.41, 5.74) is 1.04. The van der Waals surface area contributed by atoms with Crippen LogP contribution in [0.3, 0.4) is 0 Å². The van der Waals surface area contributed by atoms with Crippen LogP contribution in [-0.2, 0) is 4.74 Å². The van der Waals surface area contributed by atoms with Crippen LogP contribution in [0.5, 0.6) is 5.75 Å². The molecule has 0 amide bonds. The molecule has 0 saturated carbocycles. The average Bonchev–Trinajstić information content (AvgIpc) is 2.46. The van der Waals surface area contributed by atoms with E-state index in [-0.39, 0.29) is 11.6 Å². The molecule has 1 aromatic carbocycles. The molecule has 0 saturated heterocycles. The molecular weight excluding hydrogens is 330 g/mol. The molecule has 0 heterocycles. The molecule has 1 N–H and O–H groups in total. The van der Waals surface area contributed by atoms with Gasteiger partial charge in [0.1, 0.15) is 5.75 Å². The standard InChI is InChI=1S/C17H28BrNO2/c1-6-10-19-13(2)15-12-14(18)7-8-16(15)21-11-9-17(3,4)20-5/h7-8,12-13,19H,6,9-11H2,1-5H3. The van der Waals surface area contributed by atoms with Crippen LogP contribution >= 0.6 is 15.9 Å². The van der Waals surface area contributed by atoms with Crippen LogP contribution in [0.25, 0.3) is 0 Å². The Bertz CT molecular complexity index is 435. The fourth-order valence-electron chi connectivity index (χ4n) is 1.97. The van der Waals surface area contributed by atoms with E-state index < -0.39 is 0 Å². The Balaban J connectivity index is 2.72. The predicted molar refractivity (Wildman–Crippen MR) is 92.1 cm³/mol. The normalized spacial score (nSPS) is 13.2. The van der Waals surface area contributed by atoms with Crippen LogP contribution in [0.2, 0.25) is 0 Å². The van der Waals surface area contributed by atoms with E-state index >= 15 is 0 Å². The number of halogens is 1. The van der Waals surface area contributed by atoms with E-state index in [4.69, 9.17) is 9.47 Å². The highest BCUT2D eigenvalue weighted by Crippen LogP contribution is 2.29. The van der Waals surface area contributed by atoms with Crippen molar-refractivity contribution in [1.82, 2.24) is 5.32 Å². The van der Waals surface area contributed by atoms with E-state index in [0.29, 0.717) is 6.61 Å². The molecule has 120 valence electrons. The maximum absolute atomic E-state index is 5.99. The number of ether oxygens (including phenoxy) is 2. The molecule has 1 atom stereocenters. The molecule has 0 aliphatic rings. The third-order valence-corrected chi connectivity index (χ3v) is 4.15. The van der Waals surface area contributed by atoms with Gasteiger partial charge in [0.15, 0.2) is 0 Å². The Labute approximate surface area is 137 Å². The lowest BCUT2D eigenvalue weighted by Gasteiger charge is -2.24. The lowest BCUT2D eigenvalue weighted by molar-refractivity contribution is 0.00535. The number of hydrogen-bond acceptors (Lipinski definition) is 3. The minimum absolute atomic E-state index is 0.151. The molecule has 3 nitrogen and oxygen atoms in total. The zero-order valence-electron chi connectivity index (χ0n) is 13.8. The molecule has 0 radical (unpaired) electrons. The number of nitrogens with one attached hydrogen (secondary N) is 1. The van der Waals surface area contributed by atoms with Crippen molar-refractivity contribution in [3.8, 4) is 5.75 Å². The van der Waals surface area contributed by atoms with Crippen LogP contribution in [0.4, 0.5) is 0 Å². The first-order valence-corrected chi connectivity index (χ1v) is 8.39. The van der Waals surface area contributed by atoms with E-state index in [1.165, 1.54) is 5.56 Å². The van der Waals surface area contributed by atoms with Crippen LogP contribution in [0.1, 0.15) is 52.1 Å². The summed E-state index contributed by atoms with van der Waals surface area (Å²) in [4.78, 5) is 0. The van der Waals surface area contributed by atoms with Gasteiger partial charge in [0.05, 0.1) is 12.2 Å². The Morgan fingerprint density at radius 2 is 2.05 bits per heavy atom. The molecule has 1 aromatic rings. The Hall–Kier alpha value is -0.580. The molecule has 0 aromatic heterocycles. The summed E-state index contributed by atoms with van der Waals surface area (Å²) >= 11 is 3.54. The quantitative estimate of drug-likeness (QED) is 0.694. The maximum atomic E-state index is 5.99. The van der Waals surface area contributed by atoms with Crippen molar-refractivity contribution in [2.24, 2.45) is 0 Å². The van der Waals surface area contributed by atoms with Gasteiger partial charge >= 0.3 is 0 Å². The minimum Gasteiger partial charge on any atom is -0.493 e. The van der Waals surface area contributed by atoms with Crippen LogP contribution < -0.4 is 10.1 Å². The topological polar surface area (TPSA) is 30.5 Å². The summed E-state index contributed by atoms with van der Waals surface area (Å²) in [6.45, 7) is 10.1. The highest BCUT2D eigenvalue weighted by Gasteiger charge is 2.17. The second kappa shape index (κ2) is 8.76. The molecular formula is C17H28BrNO2. The van der Waals surface area contributed by atoms with E-state index in [2.05, 4.69) is 55.0 Å². The van der Waals surface area contributed by atoms with Gasteiger partial charge < -0.3 is 14.8 Å². The van der Waals surface area contributed by atoms with E-state index in [0.717, 1.165) is 29.6 Å². The van der Waals surface area contributed by atoms with E-state index in [1.54, 1.807) is 7.11 Å². The van der Waals surface area contributed by atoms with Crippen molar-refractivity contribution in [2.45, 2.75) is 52.2 Å².